The Labute approximate surface area is 132 Å². The molecule has 1 N–H and O–H groups in total. The first kappa shape index (κ1) is 16.4. The van der Waals surface area contributed by atoms with E-state index < -0.39 is 0 Å². The highest BCUT2D eigenvalue weighted by molar-refractivity contribution is 7.98. The third-order valence-electron chi connectivity index (χ3n) is 4.14. The maximum Gasteiger partial charge on any atom is 0.241 e. The van der Waals surface area contributed by atoms with Gasteiger partial charge in [-0.25, -0.2) is 0 Å². The average Bonchev–Trinajstić information content (AvgIpc) is 2.83. The highest BCUT2D eigenvalue weighted by Crippen LogP contribution is 2.31. The number of thioether (sulfide) groups is 1. The molecular formula is C17H26N2OS. The molecule has 1 fully saturated rings. The molecule has 3 atom stereocenters. The van der Waals surface area contributed by atoms with Gasteiger partial charge in [-0.1, -0.05) is 51.1 Å². The lowest BCUT2D eigenvalue weighted by Crippen LogP contribution is -2.42. The van der Waals surface area contributed by atoms with Gasteiger partial charge in [0.2, 0.25) is 5.91 Å². The molecule has 1 amide bonds. The summed E-state index contributed by atoms with van der Waals surface area (Å²) in [7, 11) is 0. The summed E-state index contributed by atoms with van der Waals surface area (Å²) in [6.45, 7) is 6.38. The molecule has 1 aromatic rings. The molecule has 1 saturated heterocycles. The molecule has 116 valence electrons. The van der Waals surface area contributed by atoms with E-state index in [4.69, 9.17) is 0 Å². The van der Waals surface area contributed by atoms with Crippen molar-refractivity contribution in [3.63, 3.8) is 0 Å². The van der Waals surface area contributed by atoms with Crippen LogP contribution in [0.4, 0.5) is 0 Å². The second-order valence-corrected chi connectivity index (χ2v) is 6.88. The molecule has 0 radical (unpaired) electrons. The second-order valence-electron chi connectivity index (χ2n) is 5.96. The van der Waals surface area contributed by atoms with Crippen LogP contribution in [0.25, 0.3) is 0 Å². The second kappa shape index (κ2) is 7.32. The van der Waals surface area contributed by atoms with Gasteiger partial charge in [0.05, 0.1) is 6.04 Å². The van der Waals surface area contributed by atoms with Crippen LogP contribution in [-0.2, 0) is 4.79 Å². The quantitative estimate of drug-likeness (QED) is 0.875. The van der Waals surface area contributed by atoms with Crippen molar-refractivity contribution in [1.29, 1.82) is 0 Å². The van der Waals surface area contributed by atoms with Crippen LogP contribution in [0.5, 0.6) is 0 Å². The summed E-state index contributed by atoms with van der Waals surface area (Å²) in [6.07, 6.45) is 3.10. The van der Waals surface area contributed by atoms with Gasteiger partial charge in [0.1, 0.15) is 6.17 Å². The molecule has 2 rings (SSSR count). The number of nitrogens with zero attached hydrogens (tertiary/aromatic N) is 1. The van der Waals surface area contributed by atoms with Crippen molar-refractivity contribution in [2.75, 3.05) is 12.0 Å². The molecule has 1 aromatic carbocycles. The Bertz CT molecular complexity index is 463. The lowest BCUT2D eigenvalue weighted by molar-refractivity contribution is -0.132. The first-order valence-corrected chi connectivity index (χ1v) is 9.11. The fourth-order valence-electron chi connectivity index (χ4n) is 2.96. The predicted molar refractivity (Wildman–Crippen MR) is 90.3 cm³/mol. The zero-order valence-electron chi connectivity index (χ0n) is 13.4. The summed E-state index contributed by atoms with van der Waals surface area (Å²) in [5.41, 5.74) is 1.17. The van der Waals surface area contributed by atoms with E-state index >= 15 is 0 Å². The number of hydrogen-bond donors (Lipinski definition) is 1. The standard InChI is InChI=1S/C17H26N2OS/c1-5-14(11-21-4)19-16(13-9-7-6-8-10-13)18-15(12(2)3)17(19)20/h6-10,12,14-16,18H,5,11H2,1-4H3. The molecule has 0 saturated carbocycles. The Hall–Kier alpha value is -1.00. The van der Waals surface area contributed by atoms with Gasteiger partial charge in [-0.2, -0.15) is 11.8 Å². The highest BCUT2D eigenvalue weighted by Gasteiger charge is 2.43. The molecule has 0 aromatic heterocycles. The molecule has 1 aliphatic rings. The maximum absolute atomic E-state index is 12.9. The zero-order valence-corrected chi connectivity index (χ0v) is 14.2. The van der Waals surface area contributed by atoms with E-state index in [1.54, 1.807) is 0 Å². The minimum Gasteiger partial charge on any atom is -0.318 e. The van der Waals surface area contributed by atoms with Crippen LogP contribution >= 0.6 is 11.8 Å². The van der Waals surface area contributed by atoms with E-state index in [2.05, 4.69) is 49.4 Å². The van der Waals surface area contributed by atoms with Crippen LogP contribution in [0.2, 0.25) is 0 Å². The Morgan fingerprint density at radius 1 is 1.29 bits per heavy atom. The Balaban J connectivity index is 2.33. The van der Waals surface area contributed by atoms with E-state index in [1.807, 2.05) is 30.0 Å². The first-order chi connectivity index (χ1) is 10.1. The van der Waals surface area contributed by atoms with E-state index in [1.165, 1.54) is 5.56 Å². The van der Waals surface area contributed by atoms with Gasteiger partial charge in [-0.05, 0) is 24.2 Å². The van der Waals surface area contributed by atoms with Gasteiger partial charge in [0, 0.05) is 11.8 Å². The van der Waals surface area contributed by atoms with Gasteiger partial charge in [-0.3, -0.25) is 10.1 Å². The van der Waals surface area contributed by atoms with Crippen LogP contribution < -0.4 is 5.32 Å². The monoisotopic (exact) mass is 306 g/mol. The van der Waals surface area contributed by atoms with E-state index in [-0.39, 0.29) is 24.2 Å². The Kier molecular flexibility index (Phi) is 5.71. The molecule has 0 aliphatic carbocycles. The smallest absolute Gasteiger partial charge is 0.241 e. The number of benzene rings is 1. The van der Waals surface area contributed by atoms with Gasteiger partial charge in [0.15, 0.2) is 0 Å². The van der Waals surface area contributed by atoms with Crippen molar-refractivity contribution in [3.05, 3.63) is 35.9 Å². The van der Waals surface area contributed by atoms with Crippen molar-refractivity contribution in [1.82, 2.24) is 10.2 Å². The zero-order chi connectivity index (χ0) is 15.4. The van der Waals surface area contributed by atoms with Crippen molar-refractivity contribution in [2.24, 2.45) is 5.92 Å². The third kappa shape index (κ3) is 3.43. The van der Waals surface area contributed by atoms with E-state index in [9.17, 15) is 4.79 Å². The van der Waals surface area contributed by atoms with E-state index in [0.717, 1.165) is 12.2 Å². The van der Waals surface area contributed by atoms with Crippen LogP contribution in [0.1, 0.15) is 38.9 Å². The molecule has 0 bridgehead atoms. The number of hydrogen-bond acceptors (Lipinski definition) is 3. The third-order valence-corrected chi connectivity index (χ3v) is 4.86. The molecule has 1 aliphatic heterocycles. The molecule has 0 spiro atoms. The fraction of sp³-hybridized carbons (Fsp3) is 0.588. The fourth-order valence-corrected chi connectivity index (χ4v) is 3.74. The van der Waals surface area contributed by atoms with Crippen LogP contribution in [-0.4, -0.2) is 34.9 Å². The van der Waals surface area contributed by atoms with Gasteiger partial charge in [-0.15, -0.1) is 0 Å². The summed E-state index contributed by atoms with van der Waals surface area (Å²) < 4.78 is 0. The number of rotatable bonds is 6. The highest BCUT2D eigenvalue weighted by atomic mass is 32.2. The number of carbonyl (C=O) groups excluding carboxylic acids is 1. The number of nitrogens with one attached hydrogen (secondary N) is 1. The van der Waals surface area contributed by atoms with Crippen molar-refractivity contribution >= 4 is 17.7 Å². The largest absolute Gasteiger partial charge is 0.318 e. The van der Waals surface area contributed by atoms with Gasteiger partial charge >= 0.3 is 0 Å². The Morgan fingerprint density at radius 3 is 2.48 bits per heavy atom. The van der Waals surface area contributed by atoms with Crippen LogP contribution in [0.15, 0.2) is 30.3 Å². The lowest BCUT2D eigenvalue weighted by Gasteiger charge is -2.32. The van der Waals surface area contributed by atoms with Crippen LogP contribution in [0.3, 0.4) is 0 Å². The number of amides is 1. The van der Waals surface area contributed by atoms with E-state index in [0.29, 0.717) is 5.92 Å². The molecule has 21 heavy (non-hydrogen) atoms. The summed E-state index contributed by atoms with van der Waals surface area (Å²) >= 11 is 1.81. The lowest BCUT2D eigenvalue weighted by atomic mass is 10.0. The maximum atomic E-state index is 12.9. The summed E-state index contributed by atoms with van der Waals surface area (Å²) in [4.78, 5) is 14.9. The van der Waals surface area contributed by atoms with Gasteiger partial charge in [0.25, 0.3) is 0 Å². The molecule has 4 heteroatoms. The van der Waals surface area contributed by atoms with Gasteiger partial charge < -0.3 is 4.90 Å². The average molecular weight is 306 g/mol. The Morgan fingerprint density at radius 2 is 1.95 bits per heavy atom. The van der Waals surface area contributed by atoms with Crippen molar-refractivity contribution < 1.29 is 4.79 Å². The summed E-state index contributed by atoms with van der Waals surface area (Å²) in [5.74, 6) is 1.54. The van der Waals surface area contributed by atoms with Crippen LogP contribution in [0, 0.1) is 5.92 Å². The summed E-state index contributed by atoms with van der Waals surface area (Å²) in [6, 6.07) is 10.5. The topological polar surface area (TPSA) is 32.3 Å². The molecule has 1 heterocycles. The first-order valence-electron chi connectivity index (χ1n) is 7.72. The van der Waals surface area contributed by atoms with Crippen molar-refractivity contribution in [3.8, 4) is 0 Å². The molecule has 3 nitrogen and oxygen atoms in total. The minimum atomic E-state index is -0.0777. The number of carbonyl (C=O) groups is 1. The molecular weight excluding hydrogens is 280 g/mol. The summed E-state index contributed by atoms with van der Waals surface area (Å²) in [5, 5.41) is 3.55. The minimum absolute atomic E-state index is 0.00296. The normalized spacial score (nSPS) is 23.9. The SMILES string of the molecule is CCC(CSC)N1C(=O)C(C(C)C)NC1c1ccccc1. The molecule has 3 unspecified atom stereocenters. The van der Waals surface area contributed by atoms with Crippen molar-refractivity contribution in [2.45, 2.75) is 45.4 Å². The predicted octanol–water partition coefficient (Wildman–Crippen LogP) is 3.28.